The Labute approximate surface area is 144 Å². The lowest BCUT2D eigenvalue weighted by Gasteiger charge is -2.10. The van der Waals surface area contributed by atoms with Gasteiger partial charge in [0, 0.05) is 23.7 Å². The molecule has 0 unspecified atom stereocenters. The minimum absolute atomic E-state index is 0.0915. The zero-order valence-corrected chi connectivity index (χ0v) is 13.8. The molecule has 2 aromatic carbocycles. The van der Waals surface area contributed by atoms with Gasteiger partial charge in [0.2, 0.25) is 11.3 Å². The first-order chi connectivity index (χ1) is 12.3. The summed E-state index contributed by atoms with van der Waals surface area (Å²) in [4.78, 5) is 17.3. The molecule has 0 atom stereocenters. The topological polar surface area (TPSA) is 60.9 Å². The van der Waals surface area contributed by atoms with Crippen molar-refractivity contribution in [2.45, 2.75) is 19.9 Å². The summed E-state index contributed by atoms with van der Waals surface area (Å²) in [6, 6.07) is 17.2. The third kappa shape index (κ3) is 2.74. The Bertz CT molecular complexity index is 1080. The molecule has 2 heterocycles. The van der Waals surface area contributed by atoms with Crippen molar-refractivity contribution < 1.29 is 4.52 Å². The Balaban J connectivity index is 1.89. The van der Waals surface area contributed by atoms with Gasteiger partial charge in [-0.15, -0.1) is 0 Å². The predicted octanol–water partition coefficient (Wildman–Crippen LogP) is 4.13. The summed E-state index contributed by atoms with van der Waals surface area (Å²) in [5.41, 5.74) is 2.11. The molecular weight excluding hydrogens is 314 g/mol. The van der Waals surface area contributed by atoms with Gasteiger partial charge in [0.1, 0.15) is 5.56 Å². The third-order valence-electron chi connectivity index (χ3n) is 4.14. The van der Waals surface area contributed by atoms with Crippen LogP contribution in [0.1, 0.15) is 13.3 Å². The highest BCUT2D eigenvalue weighted by Crippen LogP contribution is 2.22. The summed E-state index contributed by atoms with van der Waals surface area (Å²) in [6.45, 7) is 2.92. The molecule has 0 radical (unpaired) electrons. The van der Waals surface area contributed by atoms with E-state index in [1.54, 1.807) is 0 Å². The second kappa shape index (κ2) is 6.36. The van der Waals surface area contributed by atoms with Crippen LogP contribution in [-0.2, 0) is 6.54 Å². The monoisotopic (exact) mass is 331 g/mol. The number of hydrogen-bond acceptors (Lipinski definition) is 4. The van der Waals surface area contributed by atoms with Crippen LogP contribution in [0, 0.1) is 0 Å². The number of fused-ring (bicyclic) bond motifs is 1. The molecule has 124 valence electrons. The highest BCUT2D eigenvalue weighted by atomic mass is 16.5. The Kier molecular flexibility index (Phi) is 3.90. The second-order valence-corrected chi connectivity index (χ2v) is 5.87. The molecule has 4 rings (SSSR count). The summed E-state index contributed by atoms with van der Waals surface area (Å²) in [6.07, 6.45) is 2.78. The largest absolute Gasteiger partial charge is 0.346 e. The first-order valence-electron chi connectivity index (χ1n) is 8.29. The number of rotatable bonds is 4. The van der Waals surface area contributed by atoms with Gasteiger partial charge >= 0.3 is 0 Å². The lowest BCUT2D eigenvalue weighted by atomic mass is 10.1. The quantitative estimate of drug-likeness (QED) is 0.564. The van der Waals surface area contributed by atoms with Crippen molar-refractivity contribution in [2.75, 3.05) is 0 Å². The van der Waals surface area contributed by atoms with Gasteiger partial charge in [-0.2, -0.15) is 4.98 Å². The number of aromatic nitrogens is 3. The fourth-order valence-corrected chi connectivity index (χ4v) is 2.96. The molecule has 4 aromatic rings. The van der Waals surface area contributed by atoms with Crippen LogP contribution in [-0.4, -0.2) is 14.7 Å². The maximum Gasteiger partial charge on any atom is 0.263 e. The summed E-state index contributed by atoms with van der Waals surface area (Å²) in [7, 11) is 0. The first kappa shape index (κ1) is 15.3. The van der Waals surface area contributed by atoms with Crippen molar-refractivity contribution in [1.29, 1.82) is 0 Å². The summed E-state index contributed by atoms with van der Waals surface area (Å²) in [5, 5.41) is 4.69. The van der Waals surface area contributed by atoms with E-state index in [2.05, 4.69) is 21.6 Å². The average Bonchev–Trinajstić information content (AvgIpc) is 3.15. The molecule has 0 N–H and O–H groups in total. The van der Waals surface area contributed by atoms with Gasteiger partial charge in [-0.1, -0.05) is 54.5 Å². The number of pyridine rings is 1. The predicted molar refractivity (Wildman–Crippen MR) is 97.2 cm³/mol. The molecular formula is C20H17N3O2. The van der Waals surface area contributed by atoms with Crippen molar-refractivity contribution >= 4 is 10.9 Å². The van der Waals surface area contributed by atoms with Crippen molar-refractivity contribution in [2.24, 2.45) is 0 Å². The number of aryl methyl sites for hydroxylation is 1. The molecule has 0 amide bonds. The van der Waals surface area contributed by atoms with Crippen molar-refractivity contribution in [3.05, 3.63) is 71.0 Å². The van der Waals surface area contributed by atoms with E-state index in [9.17, 15) is 4.79 Å². The Morgan fingerprint density at radius 3 is 2.60 bits per heavy atom. The SMILES string of the molecule is CCCn1cc(-c2nc(-c3ccccc3)no2)c(=O)c2ccccc21. The van der Waals surface area contributed by atoms with Gasteiger partial charge in [-0.3, -0.25) is 4.79 Å². The van der Waals surface area contributed by atoms with Crippen LogP contribution in [0.4, 0.5) is 0 Å². The normalized spacial score (nSPS) is 11.1. The van der Waals surface area contributed by atoms with Crippen molar-refractivity contribution in [3.63, 3.8) is 0 Å². The lowest BCUT2D eigenvalue weighted by Crippen LogP contribution is -2.12. The molecule has 5 heteroatoms. The Hall–Kier alpha value is -3.21. The fraction of sp³-hybridized carbons (Fsp3) is 0.150. The van der Waals surface area contributed by atoms with Gasteiger partial charge in [0.05, 0.1) is 5.52 Å². The minimum Gasteiger partial charge on any atom is -0.346 e. The zero-order chi connectivity index (χ0) is 17.2. The molecule has 25 heavy (non-hydrogen) atoms. The molecule has 2 aromatic heterocycles. The fourth-order valence-electron chi connectivity index (χ4n) is 2.96. The van der Waals surface area contributed by atoms with E-state index in [-0.39, 0.29) is 11.3 Å². The number of nitrogens with zero attached hydrogens (tertiary/aromatic N) is 3. The van der Waals surface area contributed by atoms with Crippen molar-refractivity contribution in [1.82, 2.24) is 14.7 Å². The van der Waals surface area contributed by atoms with Crippen molar-refractivity contribution in [3.8, 4) is 22.8 Å². The standard InChI is InChI=1S/C20H17N3O2/c1-2-12-23-13-16(18(24)15-10-6-7-11-17(15)23)20-21-19(22-25-20)14-8-4-3-5-9-14/h3-11,13H,2,12H2,1H3. The highest BCUT2D eigenvalue weighted by Gasteiger charge is 2.16. The van der Waals surface area contributed by atoms with Gasteiger partial charge in [-0.05, 0) is 18.6 Å². The van der Waals surface area contributed by atoms with Crippen LogP contribution in [0.3, 0.4) is 0 Å². The molecule has 0 fully saturated rings. The minimum atomic E-state index is -0.0915. The van der Waals surface area contributed by atoms with Crippen LogP contribution < -0.4 is 5.43 Å². The number of benzene rings is 2. The summed E-state index contributed by atoms with van der Waals surface area (Å²) in [5.74, 6) is 0.727. The number of hydrogen-bond donors (Lipinski definition) is 0. The van der Waals surface area contributed by atoms with E-state index in [4.69, 9.17) is 4.52 Å². The molecule has 0 saturated heterocycles. The molecule has 0 aliphatic heterocycles. The molecule has 0 aliphatic rings. The second-order valence-electron chi connectivity index (χ2n) is 5.87. The maximum absolute atomic E-state index is 12.9. The summed E-state index contributed by atoms with van der Waals surface area (Å²) >= 11 is 0. The Morgan fingerprint density at radius 1 is 1.04 bits per heavy atom. The van der Waals surface area contributed by atoms with Gasteiger partial charge in [0.25, 0.3) is 5.89 Å². The average molecular weight is 331 g/mol. The van der Waals surface area contributed by atoms with Crippen LogP contribution in [0.25, 0.3) is 33.7 Å². The highest BCUT2D eigenvalue weighted by molar-refractivity contribution is 5.82. The molecule has 0 aliphatic carbocycles. The van der Waals surface area contributed by atoms with Crippen LogP contribution >= 0.6 is 0 Å². The number of para-hydroxylation sites is 1. The first-order valence-corrected chi connectivity index (χ1v) is 8.29. The smallest absolute Gasteiger partial charge is 0.263 e. The molecule has 0 saturated carbocycles. The van der Waals surface area contributed by atoms with Gasteiger partial charge in [0.15, 0.2) is 0 Å². The van der Waals surface area contributed by atoms with Crippen LogP contribution in [0.5, 0.6) is 0 Å². The lowest BCUT2D eigenvalue weighted by molar-refractivity contribution is 0.431. The van der Waals surface area contributed by atoms with E-state index < -0.39 is 0 Å². The summed E-state index contributed by atoms with van der Waals surface area (Å²) < 4.78 is 7.46. The maximum atomic E-state index is 12.9. The van der Waals surface area contributed by atoms with E-state index in [1.807, 2.05) is 60.8 Å². The van der Waals surface area contributed by atoms with E-state index in [0.717, 1.165) is 24.0 Å². The van der Waals surface area contributed by atoms with E-state index in [0.29, 0.717) is 16.8 Å². The van der Waals surface area contributed by atoms with E-state index >= 15 is 0 Å². The van der Waals surface area contributed by atoms with Gasteiger partial charge < -0.3 is 9.09 Å². The molecule has 0 spiro atoms. The van der Waals surface area contributed by atoms with Gasteiger partial charge in [-0.25, -0.2) is 0 Å². The molecule has 5 nitrogen and oxygen atoms in total. The van der Waals surface area contributed by atoms with Crippen LogP contribution in [0.2, 0.25) is 0 Å². The zero-order valence-electron chi connectivity index (χ0n) is 13.8. The molecule has 0 bridgehead atoms. The Morgan fingerprint density at radius 2 is 1.80 bits per heavy atom. The van der Waals surface area contributed by atoms with E-state index in [1.165, 1.54) is 0 Å². The van der Waals surface area contributed by atoms with Crippen LogP contribution in [0.15, 0.2) is 70.1 Å². The third-order valence-corrected chi connectivity index (χ3v) is 4.14.